The maximum atomic E-state index is 12.7. The Morgan fingerprint density at radius 3 is 0.946 bits per heavy atom. The van der Waals surface area contributed by atoms with Gasteiger partial charge in [0, 0.05) is 12.5 Å². The second-order valence-electron chi connectivity index (χ2n) is 12.1. The smallest absolute Gasteiger partial charge is 0.223 e. The summed E-state index contributed by atoms with van der Waals surface area (Å²) in [5, 5.41) is 3.19. The maximum Gasteiger partial charge on any atom is 0.223 e. The highest BCUT2D eigenvalue weighted by molar-refractivity contribution is 5.78. The van der Waals surface area contributed by atoms with Gasteiger partial charge >= 0.3 is 0 Å². The molecule has 37 heavy (non-hydrogen) atoms. The van der Waals surface area contributed by atoms with E-state index in [4.69, 9.17) is 0 Å². The minimum Gasteiger partial charge on any atom is -0.356 e. The van der Waals surface area contributed by atoms with Crippen LogP contribution < -0.4 is 5.32 Å². The van der Waals surface area contributed by atoms with Crippen LogP contribution in [0.15, 0.2) is 0 Å². The number of nitrogens with one attached hydrogen (secondary N) is 1. The fraction of sp³-hybridized carbons (Fsp3) is 0.971. The Hall–Kier alpha value is -0.530. The monoisotopic (exact) mass is 522 g/mol. The molecule has 0 aromatic heterocycles. The van der Waals surface area contributed by atoms with Crippen molar-refractivity contribution in [3.8, 4) is 0 Å². The molecule has 2 nitrogen and oxygen atoms in total. The summed E-state index contributed by atoms with van der Waals surface area (Å²) in [5.74, 6) is 0.589. The maximum absolute atomic E-state index is 12.7. The van der Waals surface area contributed by atoms with Gasteiger partial charge in [-0.15, -0.1) is 0 Å². The molecule has 0 bridgehead atoms. The summed E-state index contributed by atoms with van der Waals surface area (Å²) < 4.78 is 0. The molecule has 0 spiro atoms. The number of rotatable bonds is 31. The minimum absolute atomic E-state index is 0.256. The molecule has 0 aromatic rings. The molecule has 0 aromatic carbocycles. The van der Waals surface area contributed by atoms with Crippen molar-refractivity contribution in [3.05, 3.63) is 0 Å². The van der Waals surface area contributed by atoms with Gasteiger partial charge in [0.05, 0.1) is 0 Å². The van der Waals surface area contributed by atoms with Gasteiger partial charge in [0.25, 0.3) is 0 Å². The largest absolute Gasteiger partial charge is 0.356 e. The van der Waals surface area contributed by atoms with Gasteiger partial charge in [-0.2, -0.15) is 0 Å². The Morgan fingerprint density at radius 1 is 0.405 bits per heavy atom. The zero-order valence-electron chi connectivity index (χ0n) is 26.2. The Labute approximate surface area is 235 Å². The molecule has 1 N–H and O–H groups in total. The first-order valence-corrected chi connectivity index (χ1v) is 17.5. The molecule has 222 valence electrons. The quantitative estimate of drug-likeness (QED) is 0.0903. The zero-order chi connectivity index (χ0) is 27.1. The topological polar surface area (TPSA) is 29.1 Å². The number of hydrogen-bond acceptors (Lipinski definition) is 1. The van der Waals surface area contributed by atoms with Crippen molar-refractivity contribution >= 4 is 5.91 Å². The second-order valence-corrected chi connectivity index (χ2v) is 12.1. The van der Waals surface area contributed by atoms with Crippen LogP contribution in [-0.2, 0) is 4.79 Å². The summed E-state index contributed by atoms with van der Waals surface area (Å²) in [6.07, 6.45) is 39.5. The normalized spacial score (nSPS) is 12.2. The lowest BCUT2D eigenvalue weighted by atomic mass is 9.93. The van der Waals surface area contributed by atoms with E-state index in [0.717, 1.165) is 25.8 Å². The third-order valence-electron chi connectivity index (χ3n) is 8.23. The van der Waals surface area contributed by atoms with Crippen LogP contribution in [0.1, 0.15) is 207 Å². The SMILES string of the molecule is CCCCCCCCCCCCCCCCC(CCCCCCCCCCCCCC)C(=O)NCCC. The van der Waals surface area contributed by atoms with E-state index in [1.165, 1.54) is 167 Å². The number of unbranched alkanes of at least 4 members (excludes halogenated alkanes) is 24. The lowest BCUT2D eigenvalue weighted by molar-refractivity contribution is -0.125. The molecule has 0 fully saturated rings. The molecule has 0 heterocycles. The number of amides is 1. The first-order valence-electron chi connectivity index (χ1n) is 17.5. The van der Waals surface area contributed by atoms with E-state index >= 15 is 0 Å². The summed E-state index contributed by atoms with van der Waals surface area (Å²) in [7, 11) is 0. The Kier molecular flexibility index (Phi) is 31.2. The molecule has 0 radical (unpaired) electrons. The predicted octanol–water partition coefficient (Wildman–Crippen LogP) is 12.1. The Bertz CT molecular complexity index is 435. The second kappa shape index (κ2) is 31.7. The van der Waals surface area contributed by atoms with Crippen molar-refractivity contribution in [2.75, 3.05) is 6.54 Å². The van der Waals surface area contributed by atoms with Crippen molar-refractivity contribution < 1.29 is 4.79 Å². The molecule has 0 rings (SSSR count). The van der Waals surface area contributed by atoms with Gasteiger partial charge in [0.2, 0.25) is 5.91 Å². The predicted molar refractivity (Wildman–Crippen MR) is 167 cm³/mol. The molecule has 1 unspecified atom stereocenters. The van der Waals surface area contributed by atoms with E-state index in [0.29, 0.717) is 5.91 Å². The van der Waals surface area contributed by atoms with Gasteiger partial charge in [-0.1, -0.05) is 188 Å². The van der Waals surface area contributed by atoms with Crippen LogP contribution in [0.4, 0.5) is 0 Å². The van der Waals surface area contributed by atoms with Crippen LogP contribution in [0.5, 0.6) is 0 Å². The highest BCUT2D eigenvalue weighted by Crippen LogP contribution is 2.20. The minimum atomic E-state index is 0.256. The van der Waals surface area contributed by atoms with E-state index in [-0.39, 0.29) is 5.92 Å². The van der Waals surface area contributed by atoms with E-state index in [1.807, 2.05) is 0 Å². The number of carbonyl (C=O) groups excluding carboxylic acids is 1. The Balaban J connectivity index is 3.72. The highest BCUT2D eigenvalue weighted by Gasteiger charge is 2.17. The molecule has 0 aliphatic heterocycles. The summed E-state index contributed by atoms with van der Waals surface area (Å²) in [6.45, 7) is 7.57. The summed E-state index contributed by atoms with van der Waals surface area (Å²) >= 11 is 0. The average molecular weight is 522 g/mol. The third-order valence-corrected chi connectivity index (χ3v) is 8.23. The van der Waals surface area contributed by atoms with E-state index in [2.05, 4.69) is 26.1 Å². The average Bonchev–Trinajstić information content (AvgIpc) is 2.91. The van der Waals surface area contributed by atoms with Crippen LogP contribution in [0.3, 0.4) is 0 Å². The highest BCUT2D eigenvalue weighted by atomic mass is 16.1. The van der Waals surface area contributed by atoms with Gasteiger partial charge in [0.1, 0.15) is 0 Å². The van der Waals surface area contributed by atoms with E-state index < -0.39 is 0 Å². The third kappa shape index (κ3) is 28.3. The van der Waals surface area contributed by atoms with Gasteiger partial charge in [-0.3, -0.25) is 4.79 Å². The van der Waals surface area contributed by atoms with Gasteiger partial charge in [-0.05, 0) is 19.3 Å². The molecule has 1 amide bonds. The fourth-order valence-electron chi connectivity index (χ4n) is 5.62. The molecule has 0 aliphatic carbocycles. The van der Waals surface area contributed by atoms with Crippen LogP contribution in [0.2, 0.25) is 0 Å². The summed E-state index contributed by atoms with van der Waals surface area (Å²) in [6, 6.07) is 0. The van der Waals surface area contributed by atoms with Gasteiger partial charge in [-0.25, -0.2) is 0 Å². The van der Waals surface area contributed by atoms with E-state index in [9.17, 15) is 4.79 Å². The van der Waals surface area contributed by atoms with Crippen molar-refractivity contribution in [2.45, 2.75) is 207 Å². The van der Waals surface area contributed by atoms with Crippen LogP contribution in [0, 0.1) is 5.92 Å². The fourth-order valence-corrected chi connectivity index (χ4v) is 5.62. The molecule has 0 saturated carbocycles. The van der Waals surface area contributed by atoms with Gasteiger partial charge in [0.15, 0.2) is 0 Å². The standard InChI is InChI=1S/C35H71NO/c1-4-7-9-11-13-15-17-19-20-22-24-26-28-30-32-34(35(37)36-33-6-3)31-29-27-25-23-21-18-16-14-12-10-8-5-2/h34H,4-33H2,1-3H3,(H,36,37). The van der Waals surface area contributed by atoms with Crippen molar-refractivity contribution in [3.63, 3.8) is 0 Å². The zero-order valence-corrected chi connectivity index (χ0v) is 26.2. The number of carbonyl (C=O) groups is 1. The molecular formula is C35H71NO. The molecule has 0 saturated heterocycles. The van der Waals surface area contributed by atoms with Crippen LogP contribution in [-0.4, -0.2) is 12.5 Å². The van der Waals surface area contributed by atoms with Crippen LogP contribution in [0.25, 0.3) is 0 Å². The van der Waals surface area contributed by atoms with Crippen LogP contribution >= 0.6 is 0 Å². The van der Waals surface area contributed by atoms with Crippen molar-refractivity contribution in [1.29, 1.82) is 0 Å². The molecule has 0 aliphatic rings. The summed E-state index contributed by atoms with van der Waals surface area (Å²) in [4.78, 5) is 12.7. The lowest BCUT2D eigenvalue weighted by Gasteiger charge is -2.16. The first-order chi connectivity index (χ1) is 18.3. The van der Waals surface area contributed by atoms with Crippen molar-refractivity contribution in [2.24, 2.45) is 5.92 Å². The lowest BCUT2D eigenvalue weighted by Crippen LogP contribution is -2.31. The Morgan fingerprint density at radius 2 is 0.676 bits per heavy atom. The van der Waals surface area contributed by atoms with Crippen molar-refractivity contribution in [1.82, 2.24) is 5.32 Å². The molecule has 1 atom stereocenters. The number of hydrogen-bond donors (Lipinski definition) is 1. The van der Waals surface area contributed by atoms with E-state index in [1.54, 1.807) is 0 Å². The van der Waals surface area contributed by atoms with Gasteiger partial charge < -0.3 is 5.32 Å². The molecule has 2 heteroatoms. The molecular weight excluding hydrogens is 450 g/mol. The first kappa shape index (κ1) is 36.5. The summed E-state index contributed by atoms with van der Waals surface area (Å²) in [5.41, 5.74) is 0.